The van der Waals surface area contributed by atoms with Gasteiger partial charge in [-0.1, -0.05) is 141 Å². The van der Waals surface area contributed by atoms with Gasteiger partial charge in [0.2, 0.25) is 0 Å². The number of nitrogens with zero attached hydrogens (tertiary/aromatic N) is 4. The number of hydrogen-bond donors (Lipinski definition) is 0. The molecule has 0 radical (unpaired) electrons. The third kappa shape index (κ3) is 4.90. The fraction of sp³-hybridized carbons (Fsp3) is 0.0698. The van der Waals surface area contributed by atoms with Crippen LogP contribution in [0.25, 0.3) is 67.5 Å². The Bertz CT molecular complexity index is 2330. The molecular weight excluding hydrogens is 573 g/mol. The summed E-state index contributed by atoms with van der Waals surface area (Å²) < 4.78 is 0. The molecule has 1 heterocycles. The second-order valence-electron chi connectivity index (χ2n) is 12.4. The van der Waals surface area contributed by atoms with E-state index in [9.17, 15) is 5.26 Å². The Morgan fingerprint density at radius 2 is 1.02 bits per heavy atom. The number of fused-ring (bicyclic) bond motifs is 3. The molecule has 6 aromatic carbocycles. The quantitative estimate of drug-likeness (QED) is 0.197. The van der Waals surface area contributed by atoms with Gasteiger partial charge in [-0.3, -0.25) is 0 Å². The molecule has 0 atom stereocenters. The summed E-state index contributed by atoms with van der Waals surface area (Å²) in [5.41, 5.74) is 12.5. The Kier molecular flexibility index (Phi) is 6.82. The Morgan fingerprint density at radius 3 is 1.77 bits per heavy atom. The lowest BCUT2D eigenvalue weighted by molar-refractivity contribution is 0.660. The molecule has 8 rings (SSSR count). The van der Waals surface area contributed by atoms with E-state index in [1.165, 1.54) is 22.3 Å². The van der Waals surface area contributed by atoms with Crippen LogP contribution >= 0.6 is 0 Å². The first kappa shape index (κ1) is 28.3. The molecule has 0 bridgehead atoms. The standard InChI is InChI=1S/C43H30N4/c1-43(2)37-22-12-21-34(39(37)36-24-23-28(27-44)25-38(36)43)31-17-11-18-32(26-31)41-45-40(30-15-7-4-8-16-30)46-42(47-41)35-20-10-9-19-33(35)29-13-5-3-6-14-29/h3-26H,1-2H3. The van der Waals surface area contributed by atoms with E-state index in [-0.39, 0.29) is 5.41 Å². The van der Waals surface area contributed by atoms with Crippen LogP contribution < -0.4 is 0 Å². The van der Waals surface area contributed by atoms with E-state index in [0.29, 0.717) is 23.0 Å². The number of rotatable bonds is 5. The zero-order chi connectivity index (χ0) is 32.0. The molecule has 1 aromatic heterocycles. The van der Waals surface area contributed by atoms with Crippen LogP contribution in [0.2, 0.25) is 0 Å². The molecule has 7 aromatic rings. The lowest BCUT2D eigenvalue weighted by Crippen LogP contribution is -2.15. The van der Waals surface area contributed by atoms with Crippen LogP contribution in [0.1, 0.15) is 30.5 Å². The Hall–Kier alpha value is -6.18. The van der Waals surface area contributed by atoms with Crippen LogP contribution in [0.15, 0.2) is 146 Å². The third-order valence-electron chi connectivity index (χ3n) is 9.18. The zero-order valence-corrected chi connectivity index (χ0v) is 26.1. The second kappa shape index (κ2) is 11.3. The van der Waals surface area contributed by atoms with Crippen molar-refractivity contribution in [2.45, 2.75) is 19.3 Å². The maximum absolute atomic E-state index is 9.62. The van der Waals surface area contributed by atoms with E-state index in [2.05, 4.69) is 92.7 Å². The van der Waals surface area contributed by atoms with Crippen molar-refractivity contribution in [2.24, 2.45) is 0 Å². The zero-order valence-electron chi connectivity index (χ0n) is 26.1. The van der Waals surface area contributed by atoms with Crippen molar-refractivity contribution in [3.05, 3.63) is 162 Å². The van der Waals surface area contributed by atoms with Crippen molar-refractivity contribution in [2.75, 3.05) is 0 Å². The Morgan fingerprint density at radius 1 is 0.447 bits per heavy atom. The molecule has 0 saturated carbocycles. The molecule has 4 nitrogen and oxygen atoms in total. The summed E-state index contributed by atoms with van der Waals surface area (Å²) in [5, 5.41) is 9.62. The molecule has 0 N–H and O–H groups in total. The van der Waals surface area contributed by atoms with Crippen LogP contribution in [0.4, 0.5) is 0 Å². The van der Waals surface area contributed by atoms with E-state index in [1.807, 2.05) is 72.8 Å². The number of aromatic nitrogens is 3. The maximum atomic E-state index is 9.62. The topological polar surface area (TPSA) is 62.5 Å². The highest BCUT2D eigenvalue weighted by atomic mass is 15.0. The maximum Gasteiger partial charge on any atom is 0.164 e. The molecule has 1 aliphatic carbocycles. The summed E-state index contributed by atoms with van der Waals surface area (Å²) in [6.07, 6.45) is 0. The number of nitriles is 1. The molecule has 4 heteroatoms. The van der Waals surface area contributed by atoms with Crippen LogP contribution in [0, 0.1) is 11.3 Å². The molecule has 222 valence electrons. The minimum Gasteiger partial charge on any atom is -0.208 e. The van der Waals surface area contributed by atoms with Crippen molar-refractivity contribution in [3.8, 4) is 73.6 Å². The fourth-order valence-electron chi connectivity index (χ4n) is 6.81. The molecule has 0 amide bonds. The van der Waals surface area contributed by atoms with Crippen LogP contribution in [-0.4, -0.2) is 15.0 Å². The molecule has 0 spiro atoms. The second-order valence-corrected chi connectivity index (χ2v) is 12.4. The molecule has 1 aliphatic rings. The molecule has 47 heavy (non-hydrogen) atoms. The van der Waals surface area contributed by atoms with Crippen molar-refractivity contribution in [3.63, 3.8) is 0 Å². The first-order valence-electron chi connectivity index (χ1n) is 15.8. The van der Waals surface area contributed by atoms with Crippen molar-refractivity contribution >= 4 is 0 Å². The molecular formula is C43H30N4. The first-order chi connectivity index (χ1) is 23.0. The highest BCUT2D eigenvalue weighted by molar-refractivity contribution is 5.93. The van der Waals surface area contributed by atoms with Gasteiger partial charge in [-0.2, -0.15) is 5.26 Å². The average Bonchev–Trinajstić information content (AvgIpc) is 3.37. The average molecular weight is 603 g/mol. The minimum absolute atomic E-state index is 0.217. The lowest BCUT2D eigenvalue weighted by atomic mass is 9.81. The van der Waals surface area contributed by atoms with Crippen molar-refractivity contribution < 1.29 is 0 Å². The third-order valence-corrected chi connectivity index (χ3v) is 9.18. The fourth-order valence-corrected chi connectivity index (χ4v) is 6.81. The van der Waals surface area contributed by atoms with Gasteiger partial charge in [-0.05, 0) is 62.7 Å². The van der Waals surface area contributed by atoms with E-state index in [0.717, 1.165) is 38.9 Å². The minimum atomic E-state index is -0.217. The van der Waals surface area contributed by atoms with Gasteiger partial charge in [0, 0.05) is 22.1 Å². The van der Waals surface area contributed by atoms with Gasteiger partial charge in [0.15, 0.2) is 17.5 Å². The lowest BCUT2D eigenvalue weighted by Gasteiger charge is -2.21. The van der Waals surface area contributed by atoms with Crippen molar-refractivity contribution in [1.29, 1.82) is 5.26 Å². The normalized spacial score (nSPS) is 12.6. The summed E-state index contributed by atoms with van der Waals surface area (Å²) in [6.45, 7) is 4.48. The number of hydrogen-bond acceptors (Lipinski definition) is 4. The van der Waals surface area contributed by atoms with Gasteiger partial charge >= 0.3 is 0 Å². The molecule has 0 fully saturated rings. The Labute approximate surface area is 274 Å². The Balaban J connectivity index is 1.30. The molecule has 0 saturated heterocycles. The van der Waals surface area contributed by atoms with E-state index < -0.39 is 0 Å². The monoisotopic (exact) mass is 602 g/mol. The summed E-state index contributed by atoms with van der Waals surface area (Å²) >= 11 is 0. The van der Waals surface area contributed by atoms with E-state index in [4.69, 9.17) is 15.0 Å². The van der Waals surface area contributed by atoms with Crippen LogP contribution in [-0.2, 0) is 5.41 Å². The van der Waals surface area contributed by atoms with E-state index in [1.54, 1.807) is 0 Å². The van der Waals surface area contributed by atoms with Gasteiger partial charge in [0.05, 0.1) is 11.6 Å². The SMILES string of the molecule is CC1(C)c2cc(C#N)ccc2-c2c(-c3cccc(-c4nc(-c5ccccc5)nc(-c5ccccc5-c5ccccc5)n4)c3)cccc21. The summed E-state index contributed by atoms with van der Waals surface area (Å²) in [5.74, 6) is 1.87. The van der Waals surface area contributed by atoms with Gasteiger partial charge in [0.25, 0.3) is 0 Å². The van der Waals surface area contributed by atoms with Gasteiger partial charge in [-0.25, -0.2) is 15.0 Å². The van der Waals surface area contributed by atoms with Crippen molar-refractivity contribution in [1.82, 2.24) is 15.0 Å². The molecule has 0 aliphatic heterocycles. The van der Waals surface area contributed by atoms with Crippen LogP contribution in [0.3, 0.4) is 0 Å². The summed E-state index contributed by atoms with van der Waals surface area (Å²) in [7, 11) is 0. The largest absolute Gasteiger partial charge is 0.208 e. The van der Waals surface area contributed by atoms with Gasteiger partial charge in [0.1, 0.15) is 0 Å². The van der Waals surface area contributed by atoms with E-state index >= 15 is 0 Å². The van der Waals surface area contributed by atoms with Gasteiger partial charge < -0.3 is 0 Å². The van der Waals surface area contributed by atoms with Gasteiger partial charge in [-0.15, -0.1) is 0 Å². The first-order valence-corrected chi connectivity index (χ1v) is 15.8. The molecule has 0 unspecified atom stereocenters. The predicted molar refractivity (Wildman–Crippen MR) is 189 cm³/mol. The smallest absolute Gasteiger partial charge is 0.164 e. The number of benzene rings is 6. The van der Waals surface area contributed by atoms with Crippen LogP contribution in [0.5, 0.6) is 0 Å². The predicted octanol–water partition coefficient (Wildman–Crippen LogP) is 10.4. The summed E-state index contributed by atoms with van der Waals surface area (Å²) in [6, 6.07) is 52.1. The highest BCUT2D eigenvalue weighted by Gasteiger charge is 2.37. The summed E-state index contributed by atoms with van der Waals surface area (Å²) in [4.78, 5) is 15.2. The highest BCUT2D eigenvalue weighted by Crippen LogP contribution is 2.52.